The van der Waals surface area contributed by atoms with E-state index in [2.05, 4.69) is 4.98 Å². The van der Waals surface area contributed by atoms with Crippen molar-refractivity contribution >= 4 is 22.4 Å². The fraction of sp³-hybridized carbons (Fsp3) is 0.231. The second kappa shape index (κ2) is 5.62. The molecule has 0 aliphatic carbocycles. The van der Waals surface area contributed by atoms with Gasteiger partial charge in [0.15, 0.2) is 5.13 Å². The molecule has 3 nitrogen and oxygen atoms in total. The van der Waals surface area contributed by atoms with Crippen molar-refractivity contribution in [2.45, 2.75) is 19.3 Å². The van der Waals surface area contributed by atoms with Crippen LogP contribution in [0.1, 0.15) is 17.4 Å². The van der Waals surface area contributed by atoms with E-state index in [4.69, 9.17) is 0 Å². The highest BCUT2D eigenvalue weighted by Gasteiger charge is 2.32. The molecule has 1 N–H and O–H groups in total. The Morgan fingerprint density at radius 1 is 1.40 bits per heavy atom. The van der Waals surface area contributed by atoms with Crippen LogP contribution in [0.5, 0.6) is 0 Å². The van der Waals surface area contributed by atoms with Crippen LogP contribution in [0, 0.1) is 5.82 Å². The van der Waals surface area contributed by atoms with E-state index in [1.807, 2.05) is 5.32 Å². The van der Waals surface area contributed by atoms with E-state index in [1.165, 1.54) is 12.3 Å². The van der Waals surface area contributed by atoms with Gasteiger partial charge in [-0.3, -0.25) is 10.1 Å². The highest BCUT2D eigenvalue weighted by Crippen LogP contribution is 2.24. The molecule has 0 aliphatic rings. The first-order chi connectivity index (χ1) is 9.36. The number of thiazole rings is 1. The van der Waals surface area contributed by atoms with Gasteiger partial charge in [-0.25, -0.2) is 9.37 Å². The fourth-order valence-corrected chi connectivity index (χ4v) is 2.31. The molecule has 20 heavy (non-hydrogen) atoms. The van der Waals surface area contributed by atoms with Crippen LogP contribution < -0.4 is 5.32 Å². The predicted molar refractivity (Wildman–Crippen MR) is 70.6 cm³/mol. The third kappa shape index (κ3) is 3.57. The molecule has 1 amide bonds. The van der Waals surface area contributed by atoms with E-state index in [9.17, 15) is 18.0 Å². The van der Waals surface area contributed by atoms with Gasteiger partial charge < -0.3 is 0 Å². The largest absolute Gasteiger partial charge is 0.322 e. The van der Waals surface area contributed by atoms with Crippen LogP contribution in [-0.2, 0) is 11.2 Å². The Balaban J connectivity index is 2.07. The summed E-state index contributed by atoms with van der Waals surface area (Å²) in [6.45, 7) is 0.510. The number of benzene rings is 1. The molecular weight excluding hydrogens is 289 g/mol. The normalized spacial score (nSPS) is 11.4. The van der Waals surface area contributed by atoms with Crippen molar-refractivity contribution < 1.29 is 18.0 Å². The standard InChI is InChI=1S/C13H11F3N2OS/c1-13(15,16)11(19)18-12-17-7-9(20-12)6-8-4-2-3-5-10(8)14/h2-5,7H,6H2,1H3,(H,17,18,19). The maximum Gasteiger partial charge on any atom is 0.322 e. The molecule has 106 valence electrons. The second-order valence-corrected chi connectivity index (χ2v) is 5.36. The predicted octanol–water partition coefficient (Wildman–Crippen LogP) is 3.47. The summed E-state index contributed by atoms with van der Waals surface area (Å²) in [7, 11) is 0. The van der Waals surface area contributed by atoms with Gasteiger partial charge in [0.1, 0.15) is 5.82 Å². The lowest BCUT2D eigenvalue weighted by Crippen LogP contribution is -2.31. The zero-order chi connectivity index (χ0) is 14.8. The van der Waals surface area contributed by atoms with Crippen LogP contribution in [0.15, 0.2) is 30.5 Å². The Hall–Kier alpha value is -1.89. The minimum absolute atomic E-state index is 0.0721. The highest BCUT2D eigenvalue weighted by molar-refractivity contribution is 7.15. The van der Waals surface area contributed by atoms with Crippen molar-refractivity contribution in [1.29, 1.82) is 0 Å². The quantitative estimate of drug-likeness (QED) is 0.939. The summed E-state index contributed by atoms with van der Waals surface area (Å²) >= 11 is 1.04. The lowest BCUT2D eigenvalue weighted by molar-refractivity contribution is -0.137. The van der Waals surface area contributed by atoms with Gasteiger partial charge in [0, 0.05) is 24.4 Å². The number of carbonyl (C=O) groups excluding carboxylic acids is 1. The van der Waals surface area contributed by atoms with E-state index < -0.39 is 11.8 Å². The van der Waals surface area contributed by atoms with Crippen molar-refractivity contribution in [2.24, 2.45) is 0 Å². The van der Waals surface area contributed by atoms with E-state index in [0.717, 1.165) is 11.3 Å². The maximum absolute atomic E-state index is 13.5. The van der Waals surface area contributed by atoms with Gasteiger partial charge in [0.05, 0.1) is 0 Å². The monoisotopic (exact) mass is 300 g/mol. The molecule has 0 saturated carbocycles. The average molecular weight is 300 g/mol. The van der Waals surface area contributed by atoms with Crippen LogP contribution in [0.25, 0.3) is 0 Å². The number of nitrogens with one attached hydrogen (secondary N) is 1. The molecule has 1 heterocycles. The Morgan fingerprint density at radius 3 is 2.75 bits per heavy atom. The first kappa shape index (κ1) is 14.5. The molecule has 0 unspecified atom stereocenters. The SMILES string of the molecule is CC(F)(F)C(=O)Nc1ncc(Cc2ccccc2F)s1. The Bertz CT molecular complexity index is 622. The molecular formula is C13H11F3N2OS. The molecule has 0 spiro atoms. The molecule has 0 radical (unpaired) electrons. The lowest BCUT2D eigenvalue weighted by Gasteiger charge is -2.07. The summed E-state index contributed by atoms with van der Waals surface area (Å²) in [5, 5.41) is 2.10. The van der Waals surface area contributed by atoms with Gasteiger partial charge in [0.2, 0.25) is 0 Å². The van der Waals surface area contributed by atoms with E-state index in [-0.39, 0.29) is 10.9 Å². The lowest BCUT2D eigenvalue weighted by atomic mass is 10.1. The molecule has 0 atom stereocenters. The summed E-state index contributed by atoms with van der Waals surface area (Å²) in [4.78, 5) is 15.6. The average Bonchev–Trinajstić information content (AvgIpc) is 2.78. The highest BCUT2D eigenvalue weighted by atomic mass is 32.1. The van der Waals surface area contributed by atoms with Gasteiger partial charge in [-0.1, -0.05) is 18.2 Å². The van der Waals surface area contributed by atoms with Crippen molar-refractivity contribution in [3.05, 3.63) is 46.7 Å². The van der Waals surface area contributed by atoms with Crippen molar-refractivity contribution in [2.75, 3.05) is 5.32 Å². The number of nitrogens with zero attached hydrogens (tertiary/aromatic N) is 1. The van der Waals surface area contributed by atoms with Crippen LogP contribution in [0.4, 0.5) is 18.3 Å². The van der Waals surface area contributed by atoms with E-state index in [0.29, 0.717) is 23.8 Å². The van der Waals surface area contributed by atoms with Gasteiger partial charge in [0.25, 0.3) is 5.91 Å². The number of alkyl halides is 2. The van der Waals surface area contributed by atoms with Crippen LogP contribution in [-0.4, -0.2) is 16.8 Å². The number of anilines is 1. The summed E-state index contributed by atoms with van der Waals surface area (Å²) in [5.74, 6) is -5.21. The number of aromatic nitrogens is 1. The Kier molecular flexibility index (Phi) is 4.08. The van der Waals surface area contributed by atoms with Gasteiger partial charge in [-0.15, -0.1) is 11.3 Å². The summed E-state index contributed by atoms with van der Waals surface area (Å²) < 4.78 is 38.9. The zero-order valence-electron chi connectivity index (χ0n) is 10.5. The summed E-state index contributed by atoms with van der Waals surface area (Å²) in [6.07, 6.45) is 1.73. The molecule has 2 rings (SSSR count). The molecule has 1 aromatic carbocycles. The number of hydrogen-bond donors (Lipinski definition) is 1. The minimum atomic E-state index is -3.46. The van der Waals surface area contributed by atoms with Crippen molar-refractivity contribution in [3.8, 4) is 0 Å². The maximum atomic E-state index is 13.5. The molecule has 0 fully saturated rings. The minimum Gasteiger partial charge on any atom is -0.297 e. The molecule has 1 aromatic heterocycles. The van der Waals surface area contributed by atoms with E-state index in [1.54, 1.807) is 18.2 Å². The van der Waals surface area contributed by atoms with Crippen LogP contribution in [0.2, 0.25) is 0 Å². The van der Waals surface area contributed by atoms with Gasteiger partial charge in [-0.05, 0) is 11.6 Å². The molecule has 2 aromatic rings. The van der Waals surface area contributed by atoms with Crippen LogP contribution in [0.3, 0.4) is 0 Å². The topological polar surface area (TPSA) is 42.0 Å². The number of rotatable bonds is 4. The summed E-state index contributed by atoms with van der Waals surface area (Å²) in [5.41, 5.74) is 0.481. The van der Waals surface area contributed by atoms with Crippen molar-refractivity contribution in [1.82, 2.24) is 4.98 Å². The zero-order valence-corrected chi connectivity index (χ0v) is 11.3. The second-order valence-electron chi connectivity index (χ2n) is 4.24. The molecule has 0 aliphatic heterocycles. The van der Waals surface area contributed by atoms with Crippen LogP contribution >= 0.6 is 11.3 Å². The third-order valence-corrected chi connectivity index (χ3v) is 3.41. The number of amides is 1. The van der Waals surface area contributed by atoms with Crippen molar-refractivity contribution in [3.63, 3.8) is 0 Å². The number of hydrogen-bond acceptors (Lipinski definition) is 3. The van der Waals surface area contributed by atoms with Gasteiger partial charge >= 0.3 is 5.92 Å². The smallest absolute Gasteiger partial charge is 0.297 e. The van der Waals surface area contributed by atoms with E-state index >= 15 is 0 Å². The molecule has 0 bridgehead atoms. The number of halogens is 3. The molecule has 0 saturated heterocycles. The summed E-state index contributed by atoms with van der Waals surface area (Å²) in [6, 6.07) is 6.27. The Labute approximate surface area is 117 Å². The fourth-order valence-electron chi connectivity index (χ4n) is 1.48. The van der Waals surface area contributed by atoms with Gasteiger partial charge in [-0.2, -0.15) is 8.78 Å². The molecule has 7 heteroatoms. The Morgan fingerprint density at radius 2 is 2.10 bits per heavy atom. The third-order valence-electron chi connectivity index (χ3n) is 2.50. The first-order valence-electron chi connectivity index (χ1n) is 5.73. The number of carbonyl (C=O) groups is 1. The first-order valence-corrected chi connectivity index (χ1v) is 6.55.